The van der Waals surface area contributed by atoms with Gasteiger partial charge in [0.2, 0.25) is 5.95 Å². The number of benzene rings is 1. The van der Waals surface area contributed by atoms with Crippen LogP contribution in [0.2, 0.25) is 0 Å². The summed E-state index contributed by atoms with van der Waals surface area (Å²) in [5.74, 6) is 2.28. The number of rotatable bonds is 9. The molecular formula is C21H28N8O. The van der Waals surface area contributed by atoms with Gasteiger partial charge in [-0.25, -0.2) is 0 Å². The molecule has 0 radical (unpaired) electrons. The van der Waals surface area contributed by atoms with E-state index in [0.29, 0.717) is 25.7 Å². The number of aromatic nitrogens is 5. The molecule has 4 rings (SSSR count). The second kappa shape index (κ2) is 10.0. The second-order valence-corrected chi connectivity index (χ2v) is 7.12. The molecule has 1 saturated heterocycles. The molecule has 2 N–H and O–H groups in total. The predicted molar refractivity (Wildman–Crippen MR) is 117 cm³/mol. The Hall–Kier alpha value is -3.20. The van der Waals surface area contributed by atoms with Gasteiger partial charge in [-0.3, -0.25) is 4.68 Å². The first kappa shape index (κ1) is 20.1. The Labute approximate surface area is 176 Å². The lowest BCUT2D eigenvalue weighted by atomic mass is 10.1. The quantitative estimate of drug-likeness (QED) is 0.557. The molecule has 0 unspecified atom stereocenters. The lowest BCUT2D eigenvalue weighted by Gasteiger charge is -2.28. The highest BCUT2D eigenvalue weighted by Gasteiger charge is 2.15. The molecule has 9 heteroatoms. The first-order valence-corrected chi connectivity index (χ1v) is 10.4. The summed E-state index contributed by atoms with van der Waals surface area (Å²) in [6.45, 7) is 7.23. The molecule has 1 aliphatic heterocycles. The van der Waals surface area contributed by atoms with E-state index in [4.69, 9.17) is 9.72 Å². The Balaban J connectivity index is 1.45. The summed E-state index contributed by atoms with van der Waals surface area (Å²) < 4.78 is 7.28. The SMILES string of the molecule is CCn1cc(CNc2nc(NCCc3ccccc3)cc(N3CCOCC3)n2)nn1. The summed E-state index contributed by atoms with van der Waals surface area (Å²) in [4.78, 5) is 11.6. The van der Waals surface area contributed by atoms with E-state index in [0.717, 1.165) is 49.9 Å². The number of morpholine rings is 1. The zero-order valence-corrected chi connectivity index (χ0v) is 17.3. The summed E-state index contributed by atoms with van der Waals surface area (Å²) in [7, 11) is 0. The highest BCUT2D eigenvalue weighted by molar-refractivity contribution is 5.54. The van der Waals surface area contributed by atoms with Crippen LogP contribution in [-0.2, 0) is 24.2 Å². The average molecular weight is 409 g/mol. The summed E-state index contributed by atoms with van der Waals surface area (Å²) in [6, 6.07) is 12.4. The van der Waals surface area contributed by atoms with E-state index in [1.165, 1.54) is 5.56 Å². The van der Waals surface area contributed by atoms with Gasteiger partial charge in [0.1, 0.15) is 17.3 Å². The van der Waals surface area contributed by atoms with Crippen LogP contribution in [0.25, 0.3) is 0 Å². The van der Waals surface area contributed by atoms with E-state index in [1.54, 1.807) is 4.68 Å². The van der Waals surface area contributed by atoms with Crippen molar-refractivity contribution in [3.63, 3.8) is 0 Å². The van der Waals surface area contributed by atoms with E-state index in [9.17, 15) is 0 Å². The number of hydrogen-bond acceptors (Lipinski definition) is 8. The number of nitrogens with one attached hydrogen (secondary N) is 2. The monoisotopic (exact) mass is 408 g/mol. The normalized spacial score (nSPS) is 14.0. The molecule has 0 aliphatic carbocycles. The van der Waals surface area contributed by atoms with Crippen molar-refractivity contribution in [1.82, 2.24) is 25.0 Å². The fraction of sp³-hybridized carbons (Fsp3) is 0.429. The second-order valence-electron chi connectivity index (χ2n) is 7.12. The maximum atomic E-state index is 5.48. The fourth-order valence-electron chi connectivity index (χ4n) is 3.28. The van der Waals surface area contributed by atoms with E-state index in [2.05, 4.69) is 55.1 Å². The van der Waals surface area contributed by atoms with E-state index in [-0.39, 0.29) is 0 Å². The Morgan fingerprint density at radius 1 is 1.07 bits per heavy atom. The predicted octanol–water partition coefficient (Wildman–Crippen LogP) is 2.19. The van der Waals surface area contributed by atoms with Crippen LogP contribution in [0.4, 0.5) is 17.6 Å². The number of anilines is 3. The van der Waals surface area contributed by atoms with Gasteiger partial charge >= 0.3 is 0 Å². The first-order valence-electron chi connectivity index (χ1n) is 10.4. The summed E-state index contributed by atoms with van der Waals surface area (Å²) in [5.41, 5.74) is 2.15. The zero-order valence-electron chi connectivity index (χ0n) is 17.3. The van der Waals surface area contributed by atoms with Crippen molar-refractivity contribution in [2.24, 2.45) is 0 Å². The Morgan fingerprint density at radius 2 is 1.90 bits per heavy atom. The Morgan fingerprint density at radius 3 is 2.67 bits per heavy atom. The van der Waals surface area contributed by atoms with Gasteiger partial charge in [-0.1, -0.05) is 35.5 Å². The van der Waals surface area contributed by atoms with Crippen molar-refractivity contribution in [3.05, 3.63) is 53.9 Å². The van der Waals surface area contributed by atoms with Crippen molar-refractivity contribution in [1.29, 1.82) is 0 Å². The summed E-state index contributed by atoms with van der Waals surface area (Å²) >= 11 is 0. The van der Waals surface area contributed by atoms with Gasteiger partial charge in [0.05, 0.1) is 26.0 Å². The largest absolute Gasteiger partial charge is 0.378 e. The molecule has 1 aromatic carbocycles. The van der Waals surface area contributed by atoms with Crippen LogP contribution < -0.4 is 15.5 Å². The molecule has 0 spiro atoms. The van der Waals surface area contributed by atoms with Crippen molar-refractivity contribution in [3.8, 4) is 0 Å². The molecule has 0 amide bonds. The molecule has 158 valence electrons. The molecule has 30 heavy (non-hydrogen) atoms. The minimum atomic E-state index is 0.524. The van der Waals surface area contributed by atoms with Crippen molar-refractivity contribution in [2.75, 3.05) is 48.4 Å². The van der Waals surface area contributed by atoms with E-state index < -0.39 is 0 Å². The van der Waals surface area contributed by atoms with Crippen LogP contribution in [0.15, 0.2) is 42.6 Å². The molecule has 3 heterocycles. The Kier molecular flexibility index (Phi) is 6.71. The van der Waals surface area contributed by atoms with Gasteiger partial charge in [0, 0.05) is 32.2 Å². The number of aryl methyl sites for hydroxylation is 1. The van der Waals surface area contributed by atoms with Crippen molar-refractivity contribution in [2.45, 2.75) is 26.4 Å². The van der Waals surface area contributed by atoms with Gasteiger partial charge in [0.25, 0.3) is 0 Å². The topological polar surface area (TPSA) is 93.0 Å². The lowest BCUT2D eigenvalue weighted by Crippen LogP contribution is -2.37. The van der Waals surface area contributed by atoms with Gasteiger partial charge < -0.3 is 20.3 Å². The van der Waals surface area contributed by atoms with Crippen LogP contribution in [0.1, 0.15) is 18.2 Å². The molecule has 0 bridgehead atoms. The molecule has 9 nitrogen and oxygen atoms in total. The average Bonchev–Trinajstić information content (AvgIpc) is 3.27. The molecule has 1 fully saturated rings. The summed E-state index contributed by atoms with van der Waals surface area (Å²) in [5, 5.41) is 15.0. The Bertz CT molecular complexity index is 924. The van der Waals surface area contributed by atoms with E-state index in [1.807, 2.05) is 25.3 Å². The highest BCUT2D eigenvalue weighted by Crippen LogP contribution is 2.20. The third-order valence-electron chi connectivity index (χ3n) is 4.95. The molecule has 3 aromatic rings. The van der Waals surface area contributed by atoms with Gasteiger partial charge in [0.15, 0.2) is 0 Å². The van der Waals surface area contributed by atoms with E-state index >= 15 is 0 Å². The fourth-order valence-corrected chi connectivity index (χ4v) is 3.28. The maximum Gasteiger partial charge on any atom is 0.226 e. The van der Waals surface area contributed by atoms with Gasteiger partial charge in [-0.05, 0) is 18.9 Å². The standard InChI is InChI=1S/C21H28N8O/c1-2-29-16-18(26-27-29)15-23-21-24-19(22-9-8-17-6-4-3-5-7-17)14-20(25-21)28-10-12-30-13-11-28/h3-7,14,16H,2,8-13,15H2,1H3,(H2,22,23,24,25). The molecule has 0 saturated carbocycles. The van der Waals surface area contributed by atoms with Crippen molar-refractivity contribution < 1.29 is 4.74 Å². The molecular weight excluding hydrogens is 380 g/mol. The minimum absolute atomic E-state index is 0.524. The van der Waals surface area contributed by atoms with Crippen LogP contribution in [-0.4, -0.2) is 57.8 Å². The molecule has 0 atom stereocenters. The number of hydrogen-bond donors (Lipinski definition) is 2. The summed E-state index contributed by atoms with van der Waals surface area (Å²) in [6.07, 6.45) is 2.86. The van der Waals surface area contributed by atoms with Gasteiger partial charge in [-0.15, -0.1) is 5.10 Å². The van der Waals surface area contributed by atoms with Crippen LogP contribution >= 0.6 is 0 Å². The number of nitrogens with zero attached hydrogens (tertiary/aromatic N) is 6. The van der Waals surface area contributed by atoms with Crippen molar-refractivity contribution >= 4 is 17.6 Å². The smallest absolute Gasteiger partial charge is 0.226 e. The molecule has 1 aliphatic rings. The minimum Gasteiger partial charge on any atom is -0.378 e. The van der Waals surface area contributed by atoms with Crippen LogP contribution in [0, 0.1) is 0 Å². The third kappa shape index (κ3) is 5.44. The lowest BCUT2D eigenvalue weighted by molar-refractivity contribution is 0.122. The van der Waals surface area contributed by atoms with Gasteiger partial charge in [-0.2, -0.15) is 9.97 Å². The third-order valence-corrected chi connectivity index (χ3v) is 4.95. The van der Waals surface area contributed by atoms with Crippen LogP contribution in [0.5, 0.6) is 0 Å². The number of ether oxygens (including phenoxy) is 1. The highest BCUT2D eigenvalue weighted by atomic mass is 16.5. The first-order chi connectivity index (χ1) is 14.8. The molecule has 2 aromatic heterocycles. The zero-order chi connectivity index (χ0) is 20.6. The van der Waals surface area contributed by atoms with Crippen LogP contribution in [0.3, 0.4) is 0 Å². The maximum absolute atomic E-state index is 5.48.